The smallest absolute Gasteiger partial charge is 0.252 e. The van der Waals surface area contributed by atoms with E-state index in [1.54, 1.807) is 0 Å². The molecule has 0 N–H and O–H groups in total. The average molecular weight is 492 g/mol. The third-order valence-electron chi connectivity index (χ3n) is 9.11. The van der Waals surface area contributed by atoms with Gasteiger partial charge < -0.3 is 9.13 Å². The summed E-state index contributed by atoms with van der Waals surface area (Å²) >= 11 is 0. The zero-order valence-corrected chi connectivity index (χ0v) is 21.1. The highest BCUT2D eigenvalue weighted by Gasteiger charge is 2.40. The highest BCUT2D eigenvalue weighted by molar-refractivity contribution is 7.00. The fourth-order valence-electron chi connectivity index (χ4n) is 7.68. The van der Waals surface area contributed by atoms with Gasteiger partial charge in [-0.05, 0) is 51.8 Å². The van der Waals surface area contributed by atoms with Crippen LogP contribution in [0.2, 0.25) is 0 Å². The highest BCUT2D eigenvalue weighted by Crippen LogP contribution is 2.42. The topological polar surface area (TPSA) is 9.86 Å². The predicted octanol–water partition coefficient (Wildman–Crippen LogP) is 6.69. The minimum atomic E-state index is 0.181. The maximum absolute atomic E-state index is 2.55. The molecule has 4 heterocycles. The van der Waals surface area contributed by atoms with Gasteiger partial charge in [-0.2, -0.15) is 0 Å². The Hall–Kier alpha value is -5.02. The summed E-state index contributed by atoms with van der Waals surface area (Å²) in [7, 11) is 0. The van der Waals surface area contributed by atoms with Gasteiger partial charge >= 0.3 is 0 Å². The van der Waals surface area contributed by atoms with E-state index >= 15 is 0 Å². The van der Waals surface area contributed by atoms with Gasteiger partial charge in [0.1, 0.15) is 0 Å². The first-order chi connectivity index (χ1) is 19.4. The first kappa shape index (κ1) is 20.0. The van der Waals surface area contributed by atoms with Crippen molar-refractivity contribution in [2.75, 3.05) is 0 Å². The Morgan fingerprint density at radius 2 is 1.13 bits per heavy atom. The summed E-state index contributed by atoms with van der Waals surface area (Å²) in [6, 6.07) is 47.2. The second-order valence-electron chi connectivity index (χ2n) is 10.9. The normalized spacial score (nSPS) is 13.1. The molecule has 8 aromatic rings. The molecule has 0 saturated heterocycles. The Balaban J connectivity index is 1.48. The van der Waals surface area contributed by atoms with E-state index in [1.807, 2.05) is 0 Å². The van der Waals surface area contributed by atoms with Crippen molar-refractivity contribution in [3.05, 3.63) is 127 Å². The van der Waals surface area contributed by atoms with E-state index in [0.717, 1.165) is 0 Å². The molecule has 0 radical (unpaired) electrons. The summed E-state index contributed by atoms with van der Waals surface area (Å²) in [4.78, 5) is 0. The largest absolute Gasteiger partial charge is 0.310 e. The summed E-state index contributed by atoms with van der Waals surface area (Å²) in [5.74, 6) is 0. The molecule has 0 atom stereocenters. The number of fused-ring (bicyclic) bond motifs is 11. The minimum Gasteiger partial charge on any atom is -0.310 e. The lowest BCUT2D eigenvalue weighted by atomic mass is 9.34. The molecule has 2 aliphatic heterocycles. The molecule has 0 spiro atoms. The number of para-hydroxylation sites is 3. The molecule has 0 amide bonds. The molecule has 6 aromatic carbocycles. The summed E-state index contributed by atoms with van der Waals surface area (Å²) in [6.07, 6.45) is 0. The molecule has 0 fully saturated rings. The first-order valence-electron chi connectivity index (χ1n) is 13.7. The molecule has 39 heavy (non-hydrogen) atoms. The summed E-state index contributed by atoms with van der Waals surface area (Å²) < 4.78 is 5.06. The van der Waals surface area contributed by atoms with Crippen molar-refractivity contribution < 1.29 is 0 Å². The molecule has 2 nitrogen and oxygen atoms in total. The van der Waals surface area contributed by atoms with Crippen LogP contribution in [0.15, 0.2) is 127 Å². The van der Waals surface area contributed by atoms with E-state index in [2.05, 4.69) is 137 Å². The van der Waals surface area contributed by atoms with Crippen LogP contribution >= 0.6 is 0 Å². The Labute approximate surface area is 225 Å². The third-order valence-corrected chi connectivity index (χ3v) is 9.11. The Morgan fingerprint density at radius 1 is 0.436 bits per heavy atom. The van der Waals surface area contributed by atoms with Crippen LogP contribution in [0.3, 0.4) is 0 Å². The van der Waals surface area contributed by atoms with E-state index < -0.39 is 0 Å². The van der Waals surface area contributed by atoms with Crippen LogP contribution in [-0.4, -0.2) is 15.8 Å². The molecular formula is C36H21BN2. The van der Waals surface area contributed by atoms with Gasteiger partial charge in [0, 0.05) is 38.4 Å². The predicted molar refractivity (Wildman–Crippen MR) is 165 cm³/mol. The van der Waals surface area contributed by atoms with E-state index in [-0.39, 0.29) is 6.71 Å². The van der Waals surface area contributed by atoms with Crippen LogP contribution in [-0.2, 0) is 0 Å². The zero-order chi connectivity index (χ0) is 25.2. The number of benzene rings is 6. The number of hydrogen-bond acceptors (Lipinski definition) is 0. The molecular weight excluding hydrogens is 471 g/mol. The van der Waals surface area contributed by atoms with E-state index in [1.165, 1.54) is 82.5 Å². The van der Waals surface area contributed by atoms with Crippen LogP contribution in [0, 0.1) is 0 Å². The average Bonchev–Trinajstić information content (AvgIpc) is 3.53. The molecule has 3 heteroatoms. The lowest BCUT2D eigenvalue weighted by Crippen LogP contribution is -2.59. The minimum absolute atomic E-state index is 0.181. The van der Waals surface area contributed by atoms with Crippen LogP contribution < -0.4 is 16.4 Å². The van der Waals surface area contributed by atoms with Crippen molar-refractivity contribution in [1.82, 2.24) is 9.13 Å². The van der Waals surface area contributed by atoms with Crippen LogP contribution in [0.4, 0.5) is 0 Å². The molecule has 0 aliphatic carbocycles. The number of nitrogens with zero attached hydrogens (tertiary/aromatic N) is 2. The Bertz CT molecular complexity index is 2340. The molecule has 0 bridgehead atoms. The quantitative estimate of drug-likeness (QED) is 0.226. The van der Waals surface area contributed by atoms with E-state index in [0.29, 0.717) is 0 Å². The number of rotatable bonds is 1. The van der Waals surface area contributed by atoms with Crippen LogP contribution in [0.1, 0.15) is 0 Å². The molecule has 178 valence electrons. The van der Waals surface area contributed by atoms with Gasteiger partial charge in [0.05, 0.1) is 16.6 Å². The monoisotopic (exact) mass is 492 g/mol. The number of hydrogen-bond donors (Lipinski definition) is 0. The standard InChI is InChI=1S/C36H21BN2/c1-2-10-22(11-3-1)23-18-20-28-36-33(23)26-13-5-8-16-30(26)39(36)32-21-19-25-24-12-4-7-15-29(24)38-31-17-9-6-14-27(31)37(28)34(32)35(25)38/h1-21H. The van der Waals surface area contributed by atoms with Gasteiger partial charge in [0.25, 0.3) is 6.71 Å². The molecule has 2 aromatic heterocycles. The maximum atomic E-state index is 2.55. The second-order valence-corrected chi connectivity index (χ2v) is 10.9. The van der Waals surface area contributed by atoms with E-state index in [4.69, 9.17) is 0 Å². The van der Waals surface area contributed by atoms with Gasteiger partial charge in [0.2, 0.25) is 0 Å². The van der Waals surface area contributed by atoms with Gasteiger partial charge in [-0.3, -0.25) is 0 Å². The third kappa shape index (κ3) is 2.27. The summed E-state index contributed by atoms with van der Waals surface area (Å²) in [5, 5.41) is 5.32. The summed E-state index contributed by atoms with van der Waals surface area (Å²) in [5.41, 5.74) is 14.6. The van der Waals surface area contributed by atoms with Crippen LogP contribution in [0.5, 0.6) is 0 Å². The maximum Gasteiger partial charge on any atom is 0.252 e. The van der Waals surface area contributed by atoms with Gasteiger partial charge in [-0.1, -0.05) is 103 Å². The Kier molecular flexibility index (Phi) is 3.54. The fourth-order valence-corrected chi connectivity index (χ4v) is 7.68. The zero-order valence-electron chi connectivity index (χ0n) is 21.1. The number of aromatic nitrogens is 2. The lowest BCUT2D eigenvalue weighted by molar-refractivity contribution is 1.16. The molecule has 10 rings (SSSR count). The van der Waals surface area contributed by atoms with Crippen molar-refractivity contribution in [1.29, 1.82) is 0 Å². The Morgan fingerprint density at radius 3 is 2.00 bits per heavy atom. The SMILES string of the molecule is c1ccc(-c2ccc3c4c2c2ccccc2n4-c2ccc4c5ccccc5n5c4c2B3c2ccccc2-5)cc1. The van der Waals surface area contributed by atoms with Crippen LogP contribution in [0.25, 0.3) is 66.1 Å². The van der Waals surface area contributed by atoms with Crippen molar-refractivity contribution in [3.63, 3.8) is 0 Å². The fraction of sp³-hybridized carbons (Fsp3) is 0. The van der Waals surface area contributed by atoms with Gasteiger partial charge in [0.15, 0.2) is 0 Å². The summed E-state index contributed by atoms with van der Waals surface area (Å²) in [6.45, 7) is 0.181. The van der Waals surface area contributed by atoms with Gasteiger partial charge in [-0.15, -0.1) is 0 Å². The van der Waals surface area contributed by atoms with Gasteiger partial charge in [-0.25, -0.2) is 0 Å². The second kappa shape index (κ2) is 6.89. The van der Waals surface area contributed by atoms with Crippen molar-refractivity contribution in [2.45, 2.75) is 0 Å². The molecule has 0 unspecified atom stereocenters. The molecule has 0 saturated carbocycles. The van der Waals surface area contributed by atoms with E-state index in [9.17, 15) is 0 Å². The highest BCUT2D eigenvalue weighted by atomic mass is 15.0. The van der Waals surface area contributed by atoms with Crippen molar-refractivity contribution >= 4 is 66.7 Å². The lowest BCUT2D eigenvalue weighted by Gasteiger charge is -2.33. The molecule has 2 aliphatic rings. The van der Waals surface area contributed by atoms with Crippen molar-refractivity contribution in [3.8, 4) is 22.5 Å². The van der Waals surface area contributed by atoms with Crippen molar-refractivity contribution in [2.24, 2.45) is 0 Å². The first-order valence-corrected chi connectivity index (χ1v) is 13.7.